The minimum atomic E-state index is -0.402. The van der Waals surface area contributed by atoms with E-state index in [1.165, 1.54) is 10.5 Å². The van der Waals surface area contributed by atoms with Gasteiger partial charge in [0, 0.05) is 15.7 Å². The summed E-state index contributed by atoms with van der Waals surface area (Å²) < 4.78 is 0. The standard InChI is InChI=1S/C15H15ClOS/c1-11(17)13-4-8-15(9-5-13)18-10-12-2-6-14(16)7-3-12/h2-9,11,17H,10H2,1H3/t11-/m0/s1. The zero-order chi connectivity index (χ0) is 13.0. The van der Waals surface area contributed by atoms with Crippen LogP contribution in [0.4, 0.5) is 0 Å². The van der Waals surface area contributed by atoms with Gasteiger partial charge >= 0.3 is 0 Å². The van der Waals surface area contributed by atoms with E-state index >= 15 is 0 Å². The quantitative estimate of drug-likeness (QED) is 0.819. The molecule has 0 saturated carbocycles. The van der Waals surface area contributed by atoms with Crippen LogP contribution in [-0.4, -0.2) is 5.11 Å². The second-order valence-corrected chi connectivity index (χ2v) is 5.65. The second kappa shape index (κ2) is 6.28. The molecule has 0 aliphatic carbocycles. The van der Waals surface area contributed by atoms with Crippen LogP contribution in [0.1, 0.15) is 24.2 Å². The Morgan fingerprint density at radius 3 is 2.22 bits per heavy atom. The first-order chi connectivity index (χ1) is 8.65. The summed E-state index contributed by atoms with van der Waals surface area (Å²) in [5.41, 5.74) is 2.20. The van der Waals surface area contributed by atoms with E-state index in [9.17, 15) is 5.11 Å². The van der Waals surface area contributed by atoms with Gasteiger partial charge in [0.2, 0.25) is 0 Å². The Morgan fingerprint density at radius 1 is 1.06 bits per heavy atom. The molecular weight excluding hydrogens is 264 g/mol. The van der Waals surface area contributed by atoms with Crippen LogP contribution >= 0.6 is 23.4 Å². The second-order valence-electron chi connectivity index (χ2n) is 4.16. The minimum Gasteiger partial charge on any atom is -0.389 e. The zero-order valence-corrected chi connectivity index (χ0v) is 11.7. The van der Waals surface area contributed by atoms with E-state index in [1.54, 1.807) is 18.7 Å². The largest absolute Gasteiger partial charge is 0.389 e. The number of aliphatic hydroxyl groups excluding tert-OH is 1. The fourth-order valence-corrected chi connectivity index (χ4v) is 2.57. The third kappa shape index (κ3) is 3.77. The Labute approximate surface area is 117 Å². The average Bonchev–Trinajstić information content (AvgIpc) is 2.38. The number of rotatable bonds is 4. The molecule has 0 fully saturated rings. The minimum absolute atomic E-state index is 0.402. The van der Waals surface area contributed by atoms with Crippen LogP contribution in [0.5, 0.6) is 0 Å². The molecule has 0 heterocycles. The van der Waals surface area contributed by atoms with Crippen molar-refractivity contribution in [3.8, 4) is 0 Å². The van der Waals surface area contributed by atoms with Crippen molar-refractivity contribution < 1.29 is 5.11 Å². The number of benzene rings is 2. The smallest absolute Gasteiger partial charge is 0.0761 e. The van der Waals surface area contributed by atoms with Crippen LogP contribution in [0, 0.1) is 0 Å². The van der Waals surface area contributed by atoms with Crippen LogP contribution in [-0.2, 0) is 5.75 Å². The third-order valence-corrected chi connectivity index (χ3v) is 4.02. The molecule has 0 aromatic heterocycles. The van der Waals surface area contributed by atoms with Gasteiger partial charge in [-0.25, -0.2) is 0 Å². The van der Waals surface area contributed by atoms with Gasteiger partial charge < -0.3 is 5.11 Å². The average molecular weight is 279 g/mol. The lowest BCUT2D eigenvalue weighted by atomic mass is 10.1. The van der Waals surface area contributed by atoms with Crippen LogP contribution in [0.2, 0.25) is 5.02 Å². The van der Waals surface area contributed by atoms with Gasteiger partial charge in [0.05, 0.1) is 6.10 Å². The highest BCUT2D eigenvalue weighted by atomic mass is 35.5. The molecule has 1 N–H and O–H groups in total. The molecule has 0 aliphatic rings. The van der Waals surface area contributed by atoms with Crippen molar-refractivity contribution in [2.45, 2.75) is 23.7 Å². The first kappa shape index (κ1) is 13.5. The number of hydrogen-bond acceptors (Lipinski definition) is 2. The predicted molar refractivity (Wildman–Crippen MR) is 78.1 cm³/mol. The van der Waals surface area contributed by atoms with E-state index in [4.69, 9.17) is 11.6 Å². The topological polar surface area (TPSA) is 20.2 Å². The number of hydrogen-bond donors (Lipinski definition) is 1. The summed E-state index contributed by atoms with van der Waals surface area (Å²) in [6.07, 6.45) is -0.402. The Hall–Kier alpha value is -0.960. The highest BCUT2D eigenvalue weighted by molar-refractivity contribution is 7.98. The maximum atomic E-state index is 9.43. The summed E-state index contributed by atoms with van der Waals surface area (Å²) in [6, 6.07) is 15.9. The summed E-state index contributed by atoms with van der Waals surface area (Å²) in [5, 5.41) is 10.2. The Balaban J connectivity index is 1.95. The molecule has 18 heavy (non-hydrogen) atoms. The predicted octanol–water partition coefficient (Wildman–Crippen LogP) is 4.69. The van der Waals surface area contributed by atoms with E-state index in [2.05, 4.69) is 0 Å². The van der Waals surface area contributed by atoms with E-state index in [1.807, 2.05) is 48.5 Å². The van der Waals surface area contributed by atoms with Gasteiger partial charge in [0.25, 0.3) is 0 Å². The first-order valence-corrected chi connectivity index (χ1v) is 7.17. The highest BCUT2D eigenvalue weighted by Gasteiger charge is 2.01. The summed E-state index contributed by atoms with van der Waals surface area (Å²) in [4.78, 5) is 1.20. The molecule has 2 aromatic rings. The van der Waals surface area contributed by atoms with Gasteiger partial charge in [-0.2, -0.15) is 0 Å². The molecule has 94 valence electrons. The van der Waals surface area contributed by atoms with Crippen LogP contribution in [0.3, 0.4) is 0 Å². The molecule has 3 heteroatoms. The van der Waals surface area contributed by atoms with Crippen molar-refractivity contribution in [2.24, 2.45) is 0 Å². The van der Waals surface area contributed by atoms with Crippen LogP contribution < -0.4 is 0 Å². The molecule has 0 unspecified atom stereocenters. The van der Waals surface area contributed by atoms with Gasteiger partial charge in [0.1, 0.15) is 0 Å². The zero-order valence-electron chi connectivity index (χ0n) is 10.1. The summed E-state index contributed by atoms with van der Waals surface area (Å²) in [7, 11) is 0. The number of halogens is 1. The van der Waals surface area contributed by atoms with Crippen molar-refractivity contribution >= 4 is 23.4 Å². The van der Waals surface area contributed by atoms with Crippen molar-refractivity contribution in [1.29, 1.82) is 0 Å². The Bertz CT molecular complexity index is 491. The monoisotopic (exact) mass is 278 g/mol. The van der Waals surface area contributed by atoms with Crippen molar-refractivity contribution in [2.75, 3.05) is 0 Å². The Kier molecular flexibility index (Phi) is 4.70. The third-order valence-electron chi connectivity index (χ3n) is 2.68. The molecule has 2 aromatic carbocycles. The molecule has 0 spiro atoms. The molecule has 0 amide bonds. The molecule has 0 saturated heterocycles. The fraction of sp³-hybridized carbons (Fsp3) is 0.200. The molecule has 2 rings (SSSR count). The lowest BCUT2D eigenvalue weighted by Crippen LogP contribution is -1.89. The van der Waals surface area contributed by atoms with E-state index in [-0.39, 0.29) is 0 Å². The van der Waals surface area contributed by atoms with Crippen molar-refractivity contribution in [3.05, 3.63) is 64.7 Å². The van der Waals surface area contributed by atoms with Crippen molar-refractivity contribution in [1.82, 2.24) is 0 Å². The van der Waals surface area contributed by atoms with Gasteiger partial charge in [-0.3, -0.25) is 0 Å². The molecule has 1 atom stereocenters. The molecule has 0 bridgehead atoms. The van der Waals surface area contributed by atoms with Crippen LogP contribution in [0.25, 0.3) is 0 Å². The van der Waals surface area contributed by atoms with Gasteiger partial charge in [0.15, 0.2) is 0 Å². The molecular formula is C15H15ClOS. The summed E-state index contributed by atoms with van der Waals surface area (Å²) in [5.74, 6) is 0.922. The normalized spacial score (nSPS) is 12.4. The SMILES string of the molecule is C[C@H](O)c1ccc(SCc2ccc(Cl)cc2)cc1. The highest BCUT2D eigenvalue weighted by Crippen LogP contribution is 2.25. The lowest BCUT2D eigenvalue weighted by Gasteiger charge is -2.06. The molecule has 0 radical (unpaired) electrons. The summed E-state index contributed by atoms with van der Waals surface area (Å²) >= 11 is 7.62. The Morgan fingerprint density at radius 2 is 1.67 bits per heavy atom. The number of thioether (sulfide) groups is 1. The van der Waals surface area contributed by atoms with Gasteiger partial charge in [-0.05, 0) is 42.3 Å². The maximum absolute atomic E-state index is 9.43. The molecule has 0 aliphatic heterocycles. The molecule has 1 nitrogen and oxygen atoms in total. The van der Waals surface area contributed by atoms with E-state index < -0.39 is 6.10 Å². The first-order valence-electron chi connectivity index (χ1n) is 5.80. The maximum Gasteiger partial charge on any atom is 0.0761 e. The number of aliphatic hydroxyl groups is 1. The lowest BCUT2D eigenvalue weighted by molar-refractivity contribution is 0.199. The fourth-order valence-electron chi connectivity index (χ4n) is 1.59. The van der Waals surface area contributed by atoms with E-state index in [0.29, 0.717) is 0 Å². The van der Waals surface area contributed by atoms with Gasteiger partial charge in [-0.1, -0.05) is 35.9 Å². The van der Waals surface area contributed by atoms with Gasteiger partial charge in [-0.15, -0.1) is 11.8 Å². The van der Waals surface area contributed by atoms with E-state index in [0.717, 1.165) is 16.3 Å². The van der Waals surface area contributed by atoms with Crippen molar-refractivity contribution in [3.63, 3.8) is 0 Å². The summed E-state index contributed by atoms with van der Waals surface area (Å²) in [6.45, 7) is 1.77. The van der Waals surface area contributed by atoms with Crippen LogP contribution in [0.15, 0.2) is 53.4 Å².